The summed E-state index contributed by atoms with van der Waals surface area (Å²) in [4.78, 5) is 4.75. The molecule has 4 rings (SSSR count). The standard InChI is InChI=1S/C44H60N4/c1-7-47(8-2)43-25-19-39(20-26-43)17-23-41-29-33-45(35-37(41)5)31-15-13-11-12-14-16-32-46-34-30-42(38(6)36-46)24-18-40-21-27-44(28-22-40)48(9-3)10-4/h17-30,33-36H,7-16,31-32H2,1-6H3/q+2. The summed E-state index contributed by atoms with van der Waals surface area (Å²) >= 11 is 0. The van der Waals surface area contributed by atoms with Crippen LogP contribution in [0.5, 0.6) is 0 Å². The highest BCUT2D eigenvalue weighted by Crippen LogP contribution is 2.19. The SMILES string of the molecule is CCN(CC)c1ccc(/C=C/c2cc[n+](CCCCCCCC[n+]3ccc(/C=C/c4ccc(N(CC)CC)cc4)c(C)c3)cc2C)cc1. The fourth-order valence-corrected chi connectivity index (χ4v) is 6.44. The summed E-state index contributed by atoms with van der Waals surface area (Å²) in [7, 11) is 0. The van der Waals surface area contributed by atoms with E-state index in [1.807, 2.05) is 0 Å². The molecule has 0 N–H and O–H groups in total. The van der Waals surface area contributed by atoms with E-state index < -0.39 is 0 Å². The third-order valence-corrected chi connectivity index (χ3v) is 9.56. The van der Waals surface area contributed by atoms with Gasteiger partial charge in [0.05, 0.1) is 0 Å². The fraction of sp³-hybridized carbons (Fsp3) is 0.409. The molecule has 48 heavy (non-hydrogen) atoms. The highest BCUT2D eigenvalue weighted by atomic mass is 15.1. The molecule has 0 atom stereocenters. The zero-order valence-corrected chi connectivity index (χ0v) is 30.7. The van der Waals surface area contributed by atoms with Crippen molar-refractivity contribution in [1.29, 1.82) is 0 Å². The molecule has 4 aromatic rings. The van der Waals surface area contributed by atoms with Gasteiger partial charge in [-0.3, -0.25) is 0 Å². The Kier molecular flexibility index (Phi) is 15.0. The normalized spacial score (nSPS) is 11.5. The first kappa shape index (κ1) is 36.7. The molecule has 0 saturated carbocycles. The van der Waals surface area contributed by atoms with Crippen LogP contribution in [0.15, 0.2) is 85.5 Å². The minimum Gasteiger partial charge on any atom is -0.372 e. The Hall–Kier alpha value is -4.18. The number of hydrogen-bond acceptors (Lipinski definition) is 2. The van der Waals surface area contributed by atoms with Crippen LogP contribution in [0.3, 0.4) is 0 Å². The number of pyridine rings is 2. The van der Waals surface area contributed by atoms with Crippen LogP contribution in [0, 0.1) is 13.8 Å². The van der Waals surface area contributed by atoms with E-state index in [2.05, 4.69) is 170 Å². The third kappa shape index (κ3) is 11.2. The predicted molar refractivity (Wildman–Crippen MR) is 208 cm³/mol. The van der Waals surface area contributed by atoms with Gasteiger partial charge in [0.1, 0.15) is 13.1 Å². The Labute approximate surface area is 292 Å². The Balaban J connectivity index is 1.12. The van der Waals surface area contributed by atoms with Gasteiger partial charge < -0.3 is 9.80 Å². The molecule has 4 heteroatoms. The minimum absolute atomic E-state index is 1.04. The zero-order valence-electron chi connectivity index (χ0n) is 30.7. The summed E-state index contributed by atoms with van der Waals surface area (Å²) in [6.07, 6.45) is 25.7. The van der Waals surface area contributed by atoms with Gasteiger partial charge in [-0.2, -0.15) is 0 Å². The Morgan fingerprint density at radius 3 is 1.15 bits per heavy atom. The predicted octanol–water partition coefficient (Wildman–Crippen LogP) is 9.95. The molecule has 0 aliphatic heterocycles. The maximum absolute atomic E-state index is 2.38. The van der Waals surface area contributed by atoms with Gasteiger partial charge in [-0.15, -0.1) is 0 Å². The van der Waals surface area contributed by atoms with Crippen molar-refractivity contribution >= 4 is 35.7 Å². The monoisotopic (exact) mass is 644 g/mol. The molecule has 0 amide bonds. The van der Waals surface area contributed by atoms with Gasteiger partial charge >= 0.3 is 0 Å². The Morgan fingerprint density at radius 2 is 0.812 bits per heavy atom. The van der Waals surface area contributed by atoms with Gasteiger partial charge in [0, 0.05) is 73.7 Å². The molecule has 0 aliphatic carbocycles. The van der Waals surface area contributed by atoms with Crippen molar-refractivity contribution in [2.45, 2.75) is 93.2 Å². The topological polar surface area (TPSA) is 14.2 Å². The lowest BCUT2D eigenvalue weighted by Crippen LogP contribution is -2.33. The van der Waals surface area contributed by atoms with E-state index in [4.69, 9.17) is 0 Å². The van der Waals surface area contributed by atoms with E-state index in [-0.39, 0.29) is 0 Å². The van der Waals surface area contributed by atoms with Crippen molar-refractivity contribution < 1.29 is 9.13 Å². The molecule has 2 aromatic carbocycles. The fourth-order valence-electron chi connectivity index (χ4n) is 6.44. The molecule has 0 aliphatic rings. The molecule has 2 aromatic heterocycles. The van der Waals surface area contributed by atoms with Gasteiger partial charge in [0.25, 0.3) is 0 Å². The lowest BCUT2D eigenvalue weighted by atomic mass is 10.1. The van der Waals surface area contributed by atoms with E-state index in [9.17, 15) is 0 Å². The number of unbranched alkanes of at least 4 members (excludes halogenated alkanes) is 5. The van der Waals surface area contributed by atoms with Gasteiger partial charge in [-0.25, -0.2) is 9.13 Å². The Morgan fingerprint density at radius 1 is 0.458 bits per heavy atom. The van der Waals surface area contributed by atoms with Crippen LogP contribution in [0.2, 0.25) is 0 Å². The third-order valence-electron chi connectivity index (χ3n) is 9.56. The summed E-state index contributed by atoms with van der Waals surface area (Å²) in [5, 5.41) is 0. The first-order chi connectivity index (χ1) is 23.4. The second-order valence-corrected chi connectivity index (χ2v) is 13.0. The first-order valence-electron chi connectivity index (χ1n) is 18.5. The first-order valence-corrected chi connectivity index (χ1v) is 18.5. The lowest BCUT2D eigenvalue weighted by Gasteiger charge is -2.20. The van der Waals surface area contributed by atoms with Crippen molar-refractivity contribution in [2.24, 2.45) is 0 Å². The van der Waals surface area contributed by atoms with Crippen LogP contribution in [0.25, 0.3) is 24.3 Å². The van der Waals surface area contributed by atoms with Crippen molar-refractivity contribution in [2.75, 3.05) is 36.0 Å². The second kappa shape index (κ2) is 19.6. The number of aromatic nitrogens is 2. The van der Waals surface area contributed by atoms with E-state index in [0.717, 1.165) is 39.3 Å². The number of rotatable bonds is 19. The van der Waals surface area contributed by atoms with Gasteiger partial charge in [-0.1, -0.05) is 61.4 Å². The molecule has 0 bridgehead atoms. The summed E-state index contributed by atoms with van der Waals surface area (Å²) in [6, 6.07) is 22.3. The highest BCUT2D eigenvalue weighted by Gasteiger charge is 2.07. The Bertz CT molecular complexity index is 1450. The highest BCUT2D eigenvalue weighted by molar-refractivity contribution is 5.72. The molecule has 254 valence electrons. The average molecular weight is 645 g/mol. The molecule has 0 saturated heterocycles. The largest absolute Gasteiger partial charge is 0.372 e. The smallest absolute Gasteiger partial charge is 0.172 e. The van der Waals surface area contributed by atoms with E-state index in [1.54, 1.807) is 0 Å². The second-order valence-electron chi connectivity index (χ2n) is 13.0. The maximum atomic E-state index is 2.38. The van der Waals surface area contributed by atoms with E-state index in [0.29, 0.717) is 0 Å². The number of anilines is 2. The zero-order chi connectivity index (χ0) is 34.1. The molecular weight excluding hydrogens is 585 g/mol. The van der Waals surface area contributed by atoms with Crippen LogP contribution in [0.1, 0.15) is 99.6 Å². The summed E-state index contributed by atoms with van der Waals surface area (Å²) in [5.41, 5.74) is 10.3. The van der Waals surface area contributed by atoms with Crippen molar-refractivity contribution in [3.8, 4) is 0 Å². The van der Waals surface area contributed by atoms with Crippen LogP contribution >= 0.6 is 0 Å². The number of hydrogen-bond donors (Lipinski definition) is 0. The van der Waals surface area contributed by atoms with E-state index in [1.165, 1.54) is 83.3 Å². The van der Waals surface area contributed by atoms with Crippen LogP contribution in [-0.2, 0) is 13.1 Å². The van der Waals surface area contributed by atoms with Crippen molar-refractivity contribution in [1.82, 2.24) is 0 Å². The maximum Gasteiger partial charge on any atom is 0.172 e. The number of aryl methyl sites for hydroxylation is 4. The molecule has 4 nitrogen and oxygen atoms in total. The lowest BCUT2D eigenvalue weighted by molar-refractivity contribution is -0.698. The molecular formula is C44H60N4+2. The molecule has 0 unspecified atom stereocenters. The van der Waals surface area contributed by atoms with Gasteiger partial charge in [-0.05, 0) is 101 Å². The molecule has 0 fully saturated rings. The van der Waals surface area contributed by atoms with Crippen molar-refractivity contribution in [3.63, 3.8) is 0 Å². The van der Waals surface area contributed by atoms with Gasteiger partial charge in [0.15, 0.2) is 24.8 Å². The quantitative estimate of drug-likeness (QED) is 0.0745. The molecule has 2 heterocycles. The minimum atomic E-state index is 1.04. The summed E-state index contributed by atoms with van der Waals surface area (Å²) < 4.78 is 4.71. The van der Waals surface area contributed by atoms with E-state index >= 15 is 0 Å². The van der Waals surface area contributed by atoms with Crippen LogP contribution in [0.4, 0.5) is 11.4 Å². The average Bonchev–Trinajstić information content (AvgIpc) is 3.11. The molecule has 0 radical (unpaired) electrons. The van der Waals surface area contributed by atoms with Crippen molar-refractivity contribution in [3.05, 3.63) is 119 Å². The number of benzene rings is 2. The number of nitrogens with zero attached hydrogens (tertiary/aromatic N) is 4. The van der Waals surface area contributed by atoms with Crippen LogP contribution in [-0.4, -0.2) is 26.2 Å². The molecule has 0 spiro atoms. The summed E-state index contributed by atoms with van der Waals surface area (Å²) in [5.74, 6) is 0. The summed E-state index contributed by atoms with van der Waals surface area (Å²) in [6.45, 7) is 19.6. The van der Waals surface area contributed by atoms with Gasteiger partial charge in [0.2, 0.25) is 0 Å². The van der Waals surface area contributed by atoms with Crippen LogP contribution < -0.4 is 18.9 Å².